The highest BCUT2D eigenvalue weighted by Crippen LogP contribution is 2.15. The number of non-ortho nitro benzene ring substituents is 1. The summed E-state index contributed by atoms with van der Waals surface area (Å²) in [6.45, 7) is -0.541. The zero-order chi connectivity index (χ0) is 20.5. The van der Waals surface area contributed by atoms with Crippen LogP contribution in [0.25, 0.3) is 0 Å². The van der Waals surface area contributed by atoms with Crippen LogP contribution in [0.2, 0.25) is 0 Å². The normalized spacial score (nSPS) is 10.0. The number of anilines is 2. The Balaban J connectivity index is 1.68. The van der Waals surface area contributed by atoms with Gasteiger partial charge >= 0.3 is 5.97 Å². The van der Waals surface area contributed by atoms with Crippen molar-refractivity contribution in [3.8, 4) is 0 Å². The van der Waals surface area contributed by atoms with Crippen molar-refractivity contribution in [2.45, 2.75) is 12.8 Å². The molecule has 10 heteroatoms. The first kappa shape index (κ1) is 20.5. The first-order chi connectivity index (χ1) is 13.3. The number of nitro groups is 1. The third-order valence-corrected chi connectivity index (χ3v) is 3.41. The van der Waals surface area contributed by atoms with Gasteiger partial charge in [-0.2, -0.15) is 0 Å². The number of amides is 2. The van der Waals surface area contributed by atoms with E-state index in [9.17, 15) is 28.9 Å². The number of hydrogen-bond donors (Lipinski definition) is 2. The van der Waals surface area contributed by atoms with Crippen LogP contribution in [0, 0.1) is 15.9 Å². The van der Waals surface area contributed by atoms with Crippen molar-refractivity contribution < 1.29 is 28.4 Å². The van der Waals surface area contributed by atoms with E-state index in [1.165, 1.54) is 48.5 Å². The van der Waals surface area contributed by atoms with Crippen LogP contribution < -0.4 is 10.6 Å². The van der Waals surface area contributed by atoms with E-state index in [1.54, 1.807) is 0 Å². The van der Waals surface area contributed by atoms with Gasteiger partial charge in [0.2, 0.25) is 5.91 Å². The number of esters is 1. The van der Waals surface area contributed by atoms with Crippen LogP contribution in [0.3, 0.4) is 0 Å². The predicted molar refractivity (Wildman–Crippen MR) is 96.9 cm³/mol. The number of nitrogens with zero attached hydrogens (tertiary/aromatic N) is 1. The zero-order valence-corrected chi connectivity index (χ0v) is 14.5. The third kappa shape index (κ3) is 6.83. The Morgan fingerprint density at radius 3 is 2.00 bits per heavy atom. The van der Waals surface area contributed by atoms with Gasteiger partial charge in [0.05, 0.1) is 11.3 Å². The first-order valence-electron chi connectivity index (χ1n) is 8.09. The fourth-order valence-corrected chi connectivity index (χ4v) is 2.05. The summed E-state index contributed by atoms with van der Waals surface area (Å²) in [6, 6.07) is 10.3. The minimum Gasteiger partial charge on any atom is -0.456 e. The van der Waals surface area contributed by atoms with Gasteiger partial charge in [0.25, 0.3) is 11.6 Å². The van der Waals surface area contributed by atoms with Crippen LogP contribution >= 0.6 is 0 Å². The van der Waals surface area contributed by atoms with Crippen molar-refractivity contribution >= 4 is 34.8 Å². The van der Waals surface area contributed by atoms with Crippen LogP contribution in [0.4, 0.5) is 21.5 Å². The van der Waals surface area contributed by atoms with Crippen molar-refractivity contribution in [1.82, 2.24) is 0 Å². The Labute approximate surface area is 158 Å². The molecule has 0 atom stereocenters. The van der Waals surface area contributed by atoms with Gasteiger partial charge in [-0.1, -0.05) is 0 Å². The van der Waals surface area contributed by atoms with E-state index < -0.39 is 35.1 Å². The summed E-state index contributed by atoms with van der Waals surface area (Å²) in [5.41, 5.74) is 0.591. The molecule has 0 fully saturated rings. The molecule has 0 saturated carbocycles. The maximum atomic E-state index is 12.8. The number of rotatable bonds is 8. The number of halogens is 1. The second kappa shape index (κ2) is 9.76. The molecule has 146 valence electrons. The Morgan fingerprint density at radius 1 is 0.893 bits per heavy atom. The summed E-state index contributed by atoms with van der Waals surface area (Å²) >= 11 is 0. The number of benzene rings is 2. The summed E-state index contributed by atoms with van der Waals surface area (Å²) in [6.07, 6.45) is -0.432. The Morgan fingerprint density at radius 2 is 1.43 bits per heavy atom. The Bertz CT molecular complexity index is 868. The van der Waals surface area contributed by atoms with Crippen LogP contribution in [-0.2, 0) is 19.1 Å². The summed E-state index contributed by atoms with van der Waals surface area (Å²) < 4.78 is 17.5. The van der Waals surface area contributed by atoms with Gasteiger partial charge in [0.15, 0.2) is 6.61 Å². The molecule has 2 rings (SSSR count). The number of nitrogens with one attached hydrogen (secondary N) is 2. The van der Waals surface area contributed by atoms with E-state index in [0.29, 0.717) is 11.4 Å². The number of hydrogen-bond acceptors (Lipinski definition) is 6. The summed E-state index contributed by atoms with van der Waals surface area (Å²) in [5, 5.41) is 15.5. The van der Waals surface area contributed by atoms with E-state index in [1.807, 2.05) is 0 Å². The van der Waals surface area contributed by atoms with Crippen molar-refractivity contribution in [3.05, 3.63) is 64.5 Å². The van der Waals surface area contributed by atoms with E-state index in [0.717, 1.165) is 0 Å². The van der Waals surface area contributed by atoms with Crippen LogP contribution in [0.1, 0.15) is 12.8 Å². The highest BCUT2D eigenvalue weighted by molar-refractivity contribution is 5.94. The largest absolute Gasteiger partial charge is 0.456 e. The lowest BCUT2D eigenvalue weighted by Crippen LogP contribution is -2.21. The highest BCUT2D eigenvalue weighted by Gasteiger charge is 2.12. The second-order valence-corrected chi connectivity index (χ2v) is 5.57. The van der Waals surface area contributed by atoms with Crippen LogP contribution in [0.5, 0.6) is 0 Å². The molecule has 0 unspecified atom stereocenters. The predicted octanol–water partition coefficient (Wildman–Crippen LogP) is 2.63. The fourth-order valence-electron chi connectivity index (χ4n) is 2.05. The third-order valence-electron chi connectivity index (χ3n) is 3.41. The van der Waals surface area contributed by atoms with Crippen molar-refractivity contribution in [2.24, 2.45) is 0 Å². The molecule has 2 amide bonds. The Kier molecular flexibility index (Phi) is 7.14. The van der Waals surface area contributed by atoms with Crippen molar-refractivity contribution in [2.75, 3.05) is 17.2 Å². The van der Waals surface area contributed by atoms with Gasteiger partial charge in [-0.05, 0) is 36.4 Å². The summed E-state index contributed by atoms with van der Waals surface area (Å²) in [4.78, 5) is 45.0. The molecular weight excluding hydrogens is 373 g/mol. The molecule has 0 spiro atoms. The number of carbonyl (C=O) groups excluding carboxylic acids is 3. The van der Waals surface area contributed by atoms with Gasteiger partial charge in [-0.3, -0.25) is 24.5 Å². The van der Waals surface area contributed by atoms with Crippen molar-refractivity contribution in [1.29, 1.82) is 0 Å². The molecule has 0 aliphatic heterocycles. The lowest BCUT2D eigenvalue weighted by atomic mass is 10.2. The number of nitro benzene ring substituents is 1. The molecule has 2 aromatic carbocycles. The summed E-state index contributed by atoms with van der Waals surface area (Å²) in [5.74, 6) is -2.28. The minimum atomic E-state index is -0.742. The van der Waals surface area contributed by atoms with Gasteiger partial charge in [-0.15, -0.1) is 0 Å². The smallest absolute Gasteiger partial charge is 0.306 e. The second-order valence-electron chi connectivity index (χ2n) is 5.57. The molecule has 0 aromatic heterocycles. The van der Waals surface area contributed by atoms with Gasteiger partial charge in [-0.25, -0.2) is 4.39 Å². The molecule has 0 heterocycles. The van der Waals surface area contributed by atoms with Crippen LogP contribution in [0.15, 0.2) is 48.5 Å². The lowest BCUT2D eigenvalue weighted by molar-refractivity contribution is -0.384. The Hall–Kier alpha value is -3.82. The van der Waals surface area contributed by atoms with Crippen molar-refractivity contribution in [3.63, 3.8) is 0 Å². The highest BCUT2D eigenvalue weighted by atomic mass is 19.1. The SMILES string of the molecule is O=C(CCC(=O)OCC(=O)Nc1ccc(F)cc1)Nc1ccc([N+](=O)[O-])cc1. The first-order valence-corrected chi connectivity index (χ1v) is 8.09. The van der Waals surface area contributed by atoms with E-state index in [2.05, 4.69) is 10.6 Å². The molecule has 0 bridgehead atoms. The fraction of sp³-hybridized carbons (Fsp3) is 0.167. The molecular formula is C18H16FN3O6. The minimum absolute atomic E-state index is 0.111. The number of carbonyl (C=O) groups is 3. The van der Waals surface area contributed by atoms with E-state index in [-0.39, 0.29) is 18.5 Å². The van der Waals surface area contributed by atoms with Gasteiger partial charge < -0.3 is 15.4 Å². The summed E-state index contributed by atoms with van der Waals surface area (Å²) in [7, 11) is 0. The molecule has 0 saturated heterocycles. The molecule has 2 aromatic rings. The lowest BCUT2D eigenvalue weighted by Gasteiger charge is -2.07. The van der Waals surface area contributed by atoms with E-state index in [4.69, 9.17) is 4.74 Å². The monoisotopic (exact) mass is 389 g/mol. The molecule has 0 aliphatic rings. The molecule has 0 radical (unpaired) electrons. The standard InChI is InChI=1S/C18H16FN3O6/c19-12-1-3-13(4-2-12)21-17(24)11-28-18(25)10-9-16(23)20-14-5-7-15(8-6-14)22(26)27/h1-8H,9-11H2,(H,20,23)(H,21,24). The molecule has 2 N–H and O–H groups in total. The van der Waals surface area contributed by atoms with Crippen LogP contribution in [-0.4, -0.2) is 29.3 Å². The average Bonchev–Trinajstić information content (AvgIpc) is 2.67. The zero-order valence-electron chi connectivity index (χ0n) is 14.5. The maximum Gasteiger partial charge on any atom is 0.306 e. The molecule has 9 nitrogen and oxygen atoms in total. The van der Waals surface area contributed by atoms with Gasteiger partial charge in [0.1, 0.15) is 5.82 Å². The molecule has 28 heavy (non-hydrogen) atoms. The molecule has 0 aliphatic carbocycles. The maximum absolute atomic E-state index is 12.8. The average molecular weight is 389 g/mol. The van der Waals surface area contributed by atoms with Gasteiger partial charge in [0, 0.05) is 29.9 Å². The number of ether oxygens (including phenoxy) is 1. The van der Waals surface area contributed by atoms with E-state index >= 15 is 0 Å². The quantitative estimate of drug-likeness (QED) is 0.406. The topological polar surface area (TPSA) is 128 Å².